The average Bonchev–Trinajstić information content (AvgIpc) is 2.63. The van der Waals surface area contributed by atoms with E-state index in [1.807, 2.05) is 0 Å². The van der Waals surface area contributed by atoms with Gasteiger partial charge in [-0.15, -0.1) is 0 Å². The highest BCUT2D eigenvalue weighted by Gasteiger charge is 2.17. The van der Waals surface area contributed by atoms with Gasteiger partial charge in [-0.25, -0.2) is 0 Å². The number of aromatic nitrogens is 1. The molecule has 0 amide bonds. The van der Waals surface area contributed by atoms with E-state index in [0.29, 0.717) is 6.42 Å². The molecule has 1 N–H and O–H groups in total. The zero-order valence-electron chi connectivity index (χ0n) is 15.1. The summed E-state index contributed by atoms with van der Waals surface area (Å²) in [5.41, 5.74) is 9.11. The lowest BCUT2D eigenvalue weighted by molar-refractivity contribution is 0.299. The van der Waals surface area contributed by atoms with E-state index in [2.05, 4.69) is 80.5 Å². The maximum absolute atomic E-state index is 9.51. The summed E-state index contributed by atoms with van der Waals surface area (Å²) in [6.45, 7) is 6.41. The lowest BCUT2D eigenvalue weighted by Crippen LogP contribution is -2.03. The predicted molar refractivity (Wildman–Crippen MR) is 104 cm³/mol. The largest absolute Gasteiger partial charge is 0.396 e. The minimum atomic E-state index is 0.0931. The number of pyridine rings is 1. The lowest BCUT2D eigenvalue weighted by Gasteiger charge is -2.18. The van der Waals surface area contributed by atoms with Crippen LogP contribution in [0.25, 0.3) is 22.3 Å². The van der Waals surface area contributed by atoms with Gasteiger partial charge in [-0.05, 0) is 48.9 Å². The molecule has 1 radical (unpaired) electrons. The topological polar surface area (TPSA) is 33.1 Å². The summed E-state index contributed by atoms with van der Waals surface area (Å²) in [5.74, 6) is 0. The Bertz CT molecular complexity index is 849. The zero-order chi connectivity index (χ0) is 17.8. The molecule has 0 bridgehead atoms. The summed E-state index contributed by atoms with van der Waals surface area (Å²) in [5, 5.41) is 9.51. The van der Waals surface area contributed by atoms with Crippen molar-refractivity contribution in [3.05, 3.63) is 77.1 Å². The van der Waals surface area contributed by atoms with Crippen molar-refractivity contribution in [2.45, 2.75) is 33.6 Å². The molecule has 2 aromatic carbocycles. The number of aliphatic hydroxyl groups excluding tert-OH is 1. The minimum Gasteiger partial charge on any atom is -0.396 e. The molecule has 0 aliphatic rings. The summed E-state index contributed by atoms with van der Waals surface area (Å²) in [6, 6.07) is 17.1. The molecule has 1 aromatic heterocycles. The Hall–Kier alpha value is -2.45. The molecule has 25 heavy (non-hydrogen) atoms. The van der Waals surface area contributed by atoms with Gasteiger partial charge in [-0.1, -0.05) is 66.6 Å². The third-order valence-electron chi connectivity index (χ3n) is 4.54. The van der Waals surface area contributed by atoms with E-state index < -0.39 is 0 Å². The fraction of sp³-hybridized carbons (Fsp3) is 0.261. The summed E-state index contributed by atoms with van der Waals surface area (Å²) in [4.78, 5) is 4.58. The number of aryl methyl sites for hydroxylation is 3. The van der Waals surface area contributed by atoms with Gasteiger partial charge in [-0.2, -0.15) is 0 Å². The Balaban J connectivity index is 2.31. The van der Waals surface area contributed by atoms with Gasteiger partial charge >= 0.3 is 0 Å². The van der Waals surface area contributed by atoms with Crippen LogP contribution in [0.4, 0.5) is 0 Å². The number of benzene rings is 2. The molecule has 0 atom stereocenters. The monoisotopic (exact) mass is 330 g/mol. The lowest BCUT2D eigenvalue weighted by atomic mass is 9.88. The second-order valence-corrected chi connectivity index (χ2v) is 6.46. The first-order chi connectivity index (χ1) is 12.1. The van der Waals surface area contributed by atoms with Gasteiger partial charge in [0.05, 0.1) is 6.20 Å². The summed E-state index contributed by atoms with van der Waals surface area (Å²) in [6.07, 6.45) is 4.58. The van der Waals surface area contributed by atoms with Gasteiger partial charge in [0.15, 0.2) is 0 Å². The van der Waals surface area contributed by atoms with Crippen LogP contribution in [0.1, 0.15) is 29.3 Å². The van der Waals surface area contributed by atoms with Crippen molar-refractivity contribution in [2.75, 3.05) is 6.61 Å². The average molecular weight is 330 g/mol. The molecule has 1 heterocycles. The van der Waals surface area contributed by atoms with Gasteiger partial charge in [-0.3, -0.25) is 4.98 Å². The van der Waals surface area contributed by atoms with E-state index in [-0.39, 0.29) is 6.61 Å². The van der Waals surface area contributed by atoms with Crippen LogP contribution in [0.5, 0.6) is 0 Å². The standard InChI is InChI=1S/C23H24NO/c1-4-21-23(19-11-7-17(3)8-12-19)22(20(13-14-25)15-24-21)18-9-5-16(2)6-10-18/h5-12,25H,4,13-14H2,1-3H3. The number of hydrogen-bond acceptors (Lipinski definition) is 2. The zero-order valence-corrected chi connectivity index (χ0v) is 15.1. The molecule has 0 fully saturated rings. The molecule has 3 rings (SSSR count). The van der Waals surface area contributed by atoms with Gasteiger partial charge in [0.25, 0.3) is 0 Å². The molecular formula is C23H24NO. The maximum Gasteiger partial charge on any atom is 0.0932 e. The van der Waals surface area contributed by atoms with E-state index >= 15 is 0 Å². The molecular weight excluding hydrogens is 306 g/mol. The summed E-state index contributed by atoms with van der Waals surface area (Å²) < 4.78 is 0. The molecule has 2 heteroatoms. The maximum atomic E-state index is 9.51. The van der Waals surface area contributed by atoms with Gasteiger partial charge in [0, 0.05) is 17.9 Å². The fourth-order valence-corrected chi connectivity index (χ4v) is 3.16. The first-order valence-electron chi connectivity index (χ1n) is 8.82. The number of nitrogens with zero attached hydrogens (tertiary/aromatic N) is 1. The van der Waals surface area contributed by atoms with Crippen LogP contribution in [0, 0.1) is 20.0 Å². The van der Waals surface area contributed by atoms with Crippen molar-refractivity contribution in [1.29, 1.82) is 0 Å². The molecule has 0 aliphatic carbocycles. The number of aliphatic hydroxyl groups is 1. The van der Waals surface area contributed by atoms with Crippen LogP contribution in [-0.2, 0) is 12.8 Å². The second-order valence-electron chi connectivity index (χ2n) is 6.46. The first-order valence-corrected chi connectivity index (χ1v) is 8.82. The number of rotatable bonds is 5. The number of hydrogen-bond donors (Lipinski definition) is 1. The summed E-state index contributed by atoms with van der Waals surface area (Å²) in [7, 11) is 0. The molecule has 127 valence electrons. The van der Waals surface area contributed by atoms with Crippen LogP contribution in [0.3, 0.4) is 0 Å². The first kappa shape index (κ1) is 17.4. The Labute approximate surface area is 150 Å². The van der Waals surface area contributed by atoms with Crippen LogP contribution >= 0.6 is 0 Å². The van der Waals surface area contributed by atoms with Crippen LogP contribution in [0.15, 0.2) is 48.5 Å². The van der Waals surface area contributed by atoms with E-state index in [4.69, 9.17) is 0 Å². The molecule has 0 spiro atoms. The Morgan fingerprint density at radius 1 is 0.840 bits per heavy atom. The van der Waals surface area contributed by atoms with Crippen molar-refractivity contribution in [1.82, 2.24) is 4.98 Å². The quantitative estimate of drug-likeness (QED) is 0.719. The third-order valence-corrected chi connectivity index (χ3v) is 4.54. The van der Waals surface area contributed by atoms with Gasteiger partial charge in [0.2, 0.25) is 0 Å². The van der Waals surface area contributed by atoms with Crippen molar-refractivity contribution in [2.24, 2.45) is 0 Å². The van der Waals surface area contributed by atoms with E-state index in [0.717, 1.165) is 34.4 Å². The Morgan fingerprint density at radius 3 is 1.84 bits per heavy atom. The van der Waals surface area contributed by atoms with E-state index in [1.54, 1.807) is 0 Å². The summed E-state index contributed by atoms with van der Waals surface area (Å²) >= 11 is 0. The Morgan fingerprint density at radius 2 is 1.36 bits per heavy atom. The smallest absolute Gasteiger partial charge is 0.0932 e. The van der Waals surface area contributed by atoms with Crippen molar-refractivity contribution >= 4 is 0 Å². The molecule has 0 saturated heterocycles. The van der Waals surface area contributed by atoms with Gasteiger partial charge < -0.3 is 5.11 Å². The molecule has 3 aromatic rings. The minimum absolute atomic E-state index is 0.0931. The highest BCUT2D eigenvalue weighted by atomic mass is 16.2. The molecule has 2 nitrogen and oxygen atoms in total. The third kappa shape index (κ3) is 3.64. The SMILES string of the molecule is CCc1n[c]c(CCO)c(-c2ccc(C)cc2)c1-c1ccc(C)cc1. The normalized spacial score (nSPS) is 10.9. The molecule has 0 unspecified atom stereocenters. The van der Waals surface area contributed by atoms with Crippen LogP contribution < -0.4 is 0 Å². The van der Waals surface area contributed by atoms with E-state index in [1.165, 1.54) is 16.7 Å². The second kappa shape index (κ2) is 7.62. The van der Waals surface area contributed by atoms with Crippen molar-refractivity contribution in [3.8, 4) is 22.3 Å². The van der Waals surface area contributed by atoms with E-state index in [9.17, 15) is 5.11 Å². The molecule has 0 aliphatic heterocycles. The van der Waals surface area contributed by atoms with Crippen molar-refractivity contribution < 1.29 is 5.11 Å². The highest BCUT2D eigenvalue weighted by Crippen LogP contribution is 2.37. The predicted octanol–water partition coefficient (Wildman–Crippen LogP) is 4.93. The van der Waals surface area contributed by atoms with Crippen LogP contribution in [-0.4, -0.2) is 16.7 Å². The van der Waals surface area contributed by atoms with Crippen LogP contribution in [0.2, 0.25) is 0 Å². The van der Waals surface area contributed by atoms with Crippen molar-refractivity contribution in [3.63, 3.8) is 0 Å². The molecule has 0 saturated carbocycles. The fourth-order valence-electron chi connectivity index (χ4n) is 3.16. The van der Waals surface area contributed by atoms with Gasteiger partial charge in [0.1, 0.15) is 0 Å². The highest BCUT2D eigenvalue weighted by molar-refractivity contribution is 5.87. The Kier molecular flexibility index (Phi) is 5.30.